The highest BCUT2D eigenvalue weighted by Gasteiger charge is 2.29. The molecule has 132 valence electrons. The van der Waals surface area contributed by atoms with Gasteiger partial charge >= 0.3 is 0 Å². The number of carbonyl (C=O) groups is 2. The van der Waals surface area contributed by atoms with Gasteiger partial charge in [0.15, 0.2) is 6.54 Å². The van der Waals surface area contributed by atoms with E-state index in [9.17, 15) is 9.59 Å². The Morgan fingerprint density at radius 3 is 2.96 bits per heavy atom. The standard InChI is InChI=1S/C19H23N3O2S/c1-3-20-19(24)14-5-4-6-15(11-14)21-18(23)12-22-9-7-17-16(13(22)2)8-10-25-17/h4-6,8,10-11,13H,3,7,9,12H2,1-2H3,(H,20,24)(H,21,23)/p+1/t13-/m1/s1. The molecule has 2 heterocycles. The molecule has 2 amide bonds. The van der Waals surface area contributed by atoms with Crippen molar-refractivity contribution in [3.63, 3.8) is 0 Å². The van der Waals surface area contributed by atoms with Crippen molar-refractivity contribution in [1.82, 2.24) is 5.32 Å². The summed E-state index contributed by atoms with van der Waals surface area (Å²) < 4.78 is 0. The fourth-order valence-electron chi connectivity index (χ4n) is 3.30. The third-order valence-electron chi connectivity index (χ3n) is 4.67. The van der Waals surface area contributed by atoms with Crippen molar-refractivity contribution in [2.45, 2.75) is 26.3 Å². The molecule has 2 atom stereocenters. The van der Waals surface area contributed by atoms with Crippen LogP contribution in [-0.2, 0) is 11.2 Å². The van der Waals surface area contributed by atoms with E-state index in [1.165, 1.54) is 15.3 Å². The maximum Gasteiger partial charge on any atom is 0.279 e. The molecular weight excluding hydrogens is 334 g/mol. The van der Waals surface area contributed by atoms with E-state index in [2.05, 4.69) is 29.0 Å². The Balaban J connectivity index is 1.62. The van der Waals surface area contributed by atoms with Gasteiger partial charge in [0.2, 0.25) is 0 Å². The zero-order valence-electron chi connectivity index (χ0n) is 14.6. The van der Waals surface area contributed by atoms with Crippen LogP contribution < -0.4 is 15.5 Å². The summed E-state index contributed by atoms with van der Waals surface area (Å²) in [5.41, 5.74) is 2.59. The Morgan fingerprint density at radius 1 is 1.32 bits per heavy atom. The lowest BCUT2D eigenvalue weighted by Gasteiger charge is -2.29. The Kier molecular flexibility index (Phi) is 5.50. The molecule has 5 nitrogen and oxygen atoms in total. The second kappa shape index (κ2) is 7.80. The van der Waals surface area contributed by atoms with Crippen molar-refractivity contribution >= 4 is 28.8 Å². The molecule has 25 heavy (non-hydrogen) atoms. The van der Waals surface area contributed by atoms with Gasteiger partial charge < -0.3 is 15.5 Å². The number of hydrogen-bond acceptors (Lipinski definition) is 3. The van der Waals surface area contributed by atoms with Gasteiger partial charge in [-0.05, 0) is 43.5 Å². The molecule has 0 saturated carbocycles. The molecule has 1 aliphatic rings. The Labute approximate surface area is 152 Å². The first kappa shape index (κ1) is 17.6. The SMILES string of the molecule is CCNC(=O)c1cccc(NC(=O)C[NH+]2CCc3sccc3[C@H]2C)c1. The van der Waals surface area contributed by atoms with Crippen LogP contribution in [0.4, 0.5) is 5.69 Å². The molecule has 0 radical (unpaired) electrons. The monoisotopic (exact) mass is 358 g/mol. The summed E-state index contributed by atoms with van der Waals surface area (Å²) in [7, 11) is 0. The van der Waals surface area contributed by atoms with Crippen molar-refractivity contribution in [3.05, 3.63) is 51.7 Å². The van der Waals surface area contributed by atoms with Crippen LogP contribution in [-0.4, -0.2) is 31.4 Å². The summed E-state index contributed by atoms with van der Waals surface area (Å²) in [6.07, 6.45) is 1.03. The second-order valence-electron chi connectivity index (χ2n) is 6.34. The van der Waals surface area contributed by atoms with Gasteiger partial charge in [0.25, 0.3) is 11.8 Å². The molecule has 6 heteroatoms. The van der Waals surface area contributed by atoms with Gasteiger partial charge in [0.1, 0.15) is 6.04 Å². The van der Waals surface area contributed by atoms with Crippen LogP contribution in [0, 0.1) is 0 Å². The fourth-order valence-corrected chi connectivity index (χ4v) is 4.28. The van der Waals surface area contributed by atoms with Gasteiger partial charge in [-0.1, -0.05) is 6.07 Å². The summed E-state index contributed by atoms with van der Waals surface area (Å²) in [5, 5.41) is 7.83. The normalized spacial score (nSPS) is 19.1. The van der Waals surface area contributed by atoms with E-state index in [0.717, 1.165) is 13.0 Å². The van der Waals surface area contributed by atoms with Crippen LogP contribution in [0.15, 0.2) is 35.7 Å². The number of thiophene rings is 1. The minimum atomic E-state index is -0.126. The molecule has 0 fully saturated rings. The highest BCUT2D eigenvalue weighted by Crippen LogP contribution is 2.24. The predicted molar refractivity (Wildman–Crippen MR) is 100 cm³/mol. The van der Waals surface area contributed by atoms with Crippen LogP contribution in [0.3, 0.4) is 0 Å². The molecule has 3 rings (SSSR count). The molecule has 0 spiro atoms. The van der Waals surface area contributed by atoms with Crippen molar-refractivity contribution in [2.24, 2.45) is 0 Å². The van der Waals surface area contributed by atoms with Crippen molar-refractivity contribution < 1.29 is 14.5 Å². The summed E-state index contributed by atoms with van der Waals surface area (Å²) in [4.78, 5) is 27.1. The topological polar surface area (TPSA) is 62.6 Å². The Bertz CT molecular complexity index is 772. The smallest absolute Gasteiger partial charge is 0.279 e. The largest absolute Gasteiger partial charge is 0.352 e. The molecule has 3 N–H and O–H groups in total. The van der Waals surface area contributed by atoms with E-state index in [0.29, 0.717) is 30.4 Å². The summed E-state index contributed by atoms with van der Waals surface area (Å²) in [6.45, 7) is 6.05. The van der Waals surface area contributed by atoms with Crippen molar-refractivity contribution in [3.8, 4) is 0 Å². The predicted octanol–water partition coefficient (Wildman–Crippen LogP) is 1.64. The van der Waals surface area contributed by atoms with Gasteiger partial charge in [-0.2, -0.15) is 0 Å². The fraction of sp³-hybridized carbons (Fsp3) is 0.368. The molecule has 2 aromatic rings. The van der Waals surface area contributed by atoms with Crippen LogP contribution in [0.1, 0.15) is 40.7 Å². The molecule has 1 aliphatic heterocycles. The third kappa shape index (κ3) is 4.08. The molecule has 0 bridgehead atoms. The van der Waals surface area contributed by atoms with Gasteiger partial charge in [-0.3, -0.25) is 9.59 Å². The third-order valence-corrected chi connectivity index (χ3v) is 5.66. The number of anilines is 1. The van der Waals surface area contributed by atoms with E-state index in [-0.39, 0.29) is 11.8 Å². The van der Waals surface area contributed by atoms with Crippen LogP contribution >= 0.6 is 11.3 Å². The average Bonchev–Trinajstić information content (AvgIpc) is 3.07. The van der Waals surface area contributed by atoms with E-state index in [1.54, 1.807) is 18.2 Å². The van der Waals surface area contributed by atoms with E-state index >= 15 is 0 Å². The molecule has 0 aliphatic carbocycles. The van der Waals surface area contributed by atoms with Gasteiger partial charge in [-0.25, -0.2) is 0 Å². The van der Waals surface area contributed by atoms with E-state index in [4.69, 9.17) is 0 Å². The second-order valence-corrected chi connectivity index (χ2v) is 7.34. The van der Waals surface area contributed by atoms with Gasteiger partial charge in [0.05, 0.1) is 6.54 Å². The highest BCUT2D eigenvalue weighted by molar-refractivity contribution is 7.10. The van der Waals surface area contributed by atoms with E-state index in [1.807, 2.05) is 24.3 Å². The first-order valence-corrected chi connectivity index (χ1v) is 9.55. The quantitative estimate of drug-likeness (QED) is 0.761. The first-order chi connectivity index (χ1) is 12.1. The number of hydrogen-bond donors (Lipinski definition) is 3. The van der Waals surface area contributed by atoms with E-state index < -0.39 is 0 Å². The lowest BCUT2D eigenvalue weighted by Crippen LogP contribution is -3.14. The number of benzene rings is 1. The molecule has 0 saturated heterocycles. The zero-order valence-corrected chi connectivity index (χ0v) is 15.4. The van der Waals surface area contributed by atoms with Gasteiger partial charge in [0, 0.05) is 34.7 Å². The molecule has 1 aromatic heterocycles. The maximum atomic E-state index is 12.5. The number of quaternary nitrogens is 1. The van der Waals surface area contributed by atoms with Crippen LogP contribution in [0.5, 0.6) is 0 Å². The number of nitrogens with one attached hydrogen (secondary N) is 3. The first-order valence-electron chi connectivity index (χ1n) is 8.67. The highest BCUT2D eigenvalue weighted by atomic mass is 32.1. The number of amides is 2. The summed E-state index contributed by atoms with van der Waals surface area (Å²) in [5.74, 6) is -0.146. The molecule has 1 unspecified atom stereocenters. The average molecular weight is 358 g/mol. The minimum absolute atomic E-state index is 0.0198. The number of carbonyl (C=O) groups excluding carboxylic acids is 2. The molecule has 1 aromatic carbocycles. The molecular formula is C19H24N3O2S+. The van der Waals surface area contributed by atoms with Gasteiger partial charge in [-0.15, -0.1) is 11.3 Å². The minimum Gasteiger partial charge on any atom is -0.352 e. The summed E-state index contributed by atoms with van der Waals surface area (Å²) >= 11 is 1.81. The van der Waals surface area contributed by atoms with Crippen molar-refractivity contribution in [2.75, 3.05) is 25.0 Å². The number of fused-ring (bicyclic) bond motifs is 1. The van der Waals surface area contributed by atoms with Crippen LogP contribution in [0.2, 0.25) is 0 Å². The Morgan fingerprint density at radius 2 is 2.16 bits per heavy atom. The maximum absolute atomic E-state index is 12.5. The Hall–Kier alpha value is -2.18. The summed E-state index contributed by atoms with van der Waals surface area (Å²) in [6, 6.07) is 9.58. The number of rotatable bonds is 5. The van der Waals surface area contributed by atoms with Crippen LogP contribution in [0.25, 0.3) is 0 Å². The lowest BCUT2D eigenvalue weighted by molar-refractivity contribution is -0.923. The lowest BCUT2D eigenvalue weighted by atomic mass is 10.0. The zero-order chi connectivity index (χ0) is 17.8. The van der Waals surface area contributed by atoms with Crippen molar-refractivity contribution in [1.29, 1.82) is 0 Å².